The predicted octanol–water partition coefficient (Wildman–Crippen LogP) is 3.06. The number of aromatic hydroxyl groups is 2. The molecule has 1 amide bonds. The second kappa shape index (κ2) is 7.01. The summed E-state index contributed by atoms with van der Waals surface area (Å²) in [7, 11) is 0. The highest BCUT2D eigenvalue weighted by molar-refractivity contribution is 5.94. The maximum Gasteiger partial charge on any atom is 0.251 e. The van der Waals surface area contributed by atoms with E-state index >= 15 is 0 Å². The fraction of sp³-hybridized carbons (Fsp3) is 0.588. The second-order valence-corrected chi connectivity index (χ2v) is 7.32. The Bertz CT molecular complexity index is 518. The molecule has 1 aromatic rings. The third kappa shape index (κ3) is 6.35. The Morgan fingerprint density at radius 1 is 1.14 bits per heavy atom. The summed E-state index contributed by atoms with van der Waals surface area (Å²) in [6, 6.07) is 4.00. The number of carbonyl (C=O) groups is 1. The molecule has 1 rings (SSSR count). The number of rotatable bonds is 6. The van der Waals surface area contributed by atoms with Crippen molar-refractivity contribution in [3.05, 3.63) is 23.8 Å². The molecule has 0 radical (unpaired) electrons. The zero-order valence-corrected chi connectivity index (χ0v) is 14.1. The molecule has 1 aromatic carbocycles. The Labute approximate surface area is 132 Å². The van der Waals surface area contributed by atoms with Gasteiger partial charge in [-0.25, -0.2) is 0 Å². The van der Waals surface area contributed by atoms with Crippen molar-refractivity contribution in [2.24, 2.45) is 5.41 Å². The summed E-state index contributed by atoms with van der Waals surface area (Å²) in [5.41, 5.74) is 0.0885. The number of phenolic OH excluding ortho intramolecular Hbond substituents is 2. The van der Waals surface area contributed by atoms with Gasteiger partial charge in [0, 0.05) is 12.1 Å². The van der Waals surface area contributed by atoms with Crippen LogP contribution in [0.1, 0.15) is 51.4 Å². The normalized spacial score (nSPS) is 12.2. The molecule has 0 aliphatic heterocycles. The Morgan fingerprint density at radius 3 is 2.32 bits per heavy atom. The molecule has 5 nitrogen and oxygen atoms in total. The molecule has 0 aliphatic rings. The maximum absolute atomic E-state index is 12.0. The zero-order valence-electron chi connectivity index (χ0n) is 14.1. The van der Waals surface area contributed by atoms with Crippen molar-refractivity contribution in [3.63, 3.8) is 0 Å². The van der Waals surface area contributed by atoms with Gasteiger partial charge in [0.1, 0.15) is 0 Å². The zero-order chi connectivity index (χ0) is 17.0. The van der Waals surface area contributed by atoms with Crippen LogP contribution in [0.4, 0.5) is 0 Å². The van der Waals surface area contributed by atoms with Crippen molar-refractivity contribution in [1.29, 1.82) is 0 Å². The summed E-state index contributed by atoms with van der Waals surface area (Å²) >= 11 is 0. The molecule has 0 atom stereocenters. The number of hydrogen-bond acceptors (Lipinski definition) is 4. The molecule has 0 aromatic heterocycles. The maximum atomic E-state index is 12.0. The summed E-state index contributed by atoms with van der Waals surface area (Å²) in [5, 5.41) is 21.4. The first-order valence-corrected chi connectivity index (χ1v) is 7.44. The highest BCUT2D eigenvalue weighted by atomic mass is 16.5. The highest BCUT2D eigenvalue weighted by Gasteiger charge is 2.22. The minimum absolute atomic E-state index is 0.101. The van der Waals surface area contributed by atoms with Crippen LogP contribution in [0.3, 0.4) is 0 Å². The Hall–Kier alpha value is -1.75. The second-order valence-electron chi connectivity index (χ2n) is 7.32. The molecule has 5 heteroatoms. The molecule has 0 saturated heterocycles. The van der Waals surface area contributed by atoms with Crippen LogP contribution < -0.4 is 5.32 Å². The Morgan fingerprint density at radius 2 is 1.77 bits per heavy atom. The molecule has 22 heavy (non-hydrogen) atoms. The van der Waals surface area contributed by atoms with Gasteiger partial charge in [0.25, 0.3) is 5.91 Å². The highest BCUT2D eigenvalue weighted by Crippen LogP contribution is 2.25. The lowest BCUT2D eigenvalue weighted by molar-refractivity contribution is -0.0544. The van der Waals surface area contributed by atoms with Gasteiger partial charge in [0.05, 0.1) is 12.2 Å². The fourth-order valence-electron chi connectivity index (χ4n) is 1.73. The summed E-state index contributed by atoms with van der Waals surface area (Å²) in [6.07, 6.45) is 0.679. The third-order valence-corrected chi connectivity index (χ3v) is 3.15. The summed E-state index contributed by atoms with van der Waals surface area (Å²) in [6.45, 7) is 11.5. The van der Waals surface area contributed by atoms with Gasteiger partial charge < -0.3 is 20.3 Å². The van der Waals surface area contributed by atoms with Crippen LogP contribution in [0.2, 0.25) is 0 Å². The molecule has 0 spiro atoms. The van der Waals surface area contributed by atoms with Crippen LogP contribution in [0.5, 0.6) is 11.5 Å². The summed E-state index contributed by atoms with van der Waals surface area (Å²) in [4.78, 5) is 12.0. The molecular formula is C17H27NO4. The van der Waals surface area contributed by atoms with Gasteiger partial charge in [-0.1, -0.05) is 20.8 Å². The van der Waals surface area contributed by atoms with Crippen molar-refractivity contribution in [3.8, 4) is 11.5 Å². The van der Waals surface area contributed by atoms with Gasteiger partial charge >= 0.3 is 0 Å². The first-order valence-electron chi connectivity index (χ1n) is 7.44. The number of ether oxygens (including phenoxy) is 1. The molecule has 0 heterocycles. The number of nitrogens with one attached hydrogen (secondary N) is 1. The first-order chi connectivity index (χ1) is 10.0. The number of amides is 1. The van der Waals surface area contributed by atoms with Gasteiger partial charge in [0.2, 0.25) is 0 Å². The van der Waals surface area contributed by atoms with Crippen molar-refractivity contribution in [2.45, 2.75) is 46.6 Å². The van der Waals surface area contributed by atoms with E-state index in [2.05, 4.69) is 26.1 Å². The molecule has 0 aliphatic carbocycles. The summed E-state index contributed by atoms with van der Waals surface area (Å²) < 4.78 is 5.89. The number of phenols is 2. The van der Waals surface area contributed by atoms with Crippen LogP contribution >= 0.6 is 0 Å². The number of carbonyl (C=O) groups excluding carboxylic acids is 1. The molecule has 0 fully saturated rings. The molecule has 0 bridgehead atoms. The van der Waals surface area contributed by atoms with Crippen LogP contribution in [0.15, 0.2) is 18.2 Å². The van der Waals surface area contributed by atoms with E-state index in [1.807, 2.05) is 13.8 Å². The van der Waals surface area contributed by atoms with Crippen LogP contribution in [-0.2, 0) is 4.74 Å². The van der Waals surface area contributed by atoms with E-state index in [9.17, 15) is 15.0 Å². The summed E-state index contributed by atoms with van der Waals surface area (Å²) in [5.74, 6) is -0.836. The van der Waals surface area contributed by atoms with Gasteiger partial charge in [-0.2, -0.15) is 0 Å². The average molecular weight is 309 g/mol. The lowest BCUT2D eigenvalue weighted by Gasteiger charge is -2.30. The van der Waals surface area contributed by atoms with Gasteiger partial charge in [-0.05, 0) is 43.9 Å². The average Bonchev–Trinajstić information content (AvgIpc) is 2.39. The van der Waals surface area contributed by atoms with Crippen molar-refractivity contribution < 1.29 is 19.7 Å². The van der Waals surface area contributed by atoms with Gasteiger partial charge in [-0.15, -0.1) is 0 Å². The number of hydrogen-bond donors (Lipinski definition) is 3. The van der Waals surface area contributed by atoms with E-state index in [1.165, 1.54) is 18.2 Å². The van der Waals surface area contributed by atoms with E-state index in [0.29, 0.717) is 25.1 Å². The van der Waals surface area contributed by atoms with E-state index in [4.69, 9.17) is 4.74 Å². The minimum atomic E-state index is -0.322. The number of benzene rings is 1. The molecule has 0 unspecified atom stereocenters. The quantitative estimate of drug-likeness (QED) is 0.706. The van der Waals surface area contributed by atoms with E-state index < -0.39 is 0 Å². The van der Waals surface area contributed by atoms with Crippen LogP contribution in [-0.4, -0.2) is 34.9 Å². The van der Waals surface area contributed by atoms with E-state index in [0.717, 1.165) is 0 Å². The molecule has 124 valence electrons. The lowest BCUT2D eigenvalue weighted by Crippen LogP contribution is -2.35. The smallest absolute Gasteiger partial charge is 0.251 e. The SMILES string of the molecule is CC(C)(C)COC(C)(C)CCNC(=O)c1ccc(O)c(O)c1. The van der Waals surface area contributed by atoms with Crippen molar-refractivity contribution >= 4 is 5.91 Å². The topological polar surface area (TPSA) is 78.8 Å². The molecular weight excluding hydrogens is 282 g/mol. The standard InChI is InChI=1S/C17H27NO4/c1-16(2,3)11-22-17(4,5)8-9-18-15(21)12-6-7-13(19)14(20)10-12/h6-7,10,19-20H,8-9,11H2,1-5H3,(H,18,21). The van der Waals surface area contributed by atoms with Gasteiger partial charge in [-0.3, -0.25) is 4.79 Å². The van der Waals surface area contributed by atoms with Crippen molar-refractivity contribution in [1.82, 2.24) is 5.32 Å². The third-order valence-electron chi connectivity index (χ3n) is 3.15. The van der Waals surface area contributed by atoms with Crippen LogP contribution in [0.25, 0.3) is 0 Å². The van der Waals surface area contributed by atoms with E-state index in [-0.39, 0.29) is 28.4 Å². The van der Waals surface area contributed by atoms with Crippen LogP contribution in [0, 0.1) is 5.41 Å². The molecule has 0 saturated carbocycles. The largest absolute Gasteiger partial charge is 0.504 e. The fourth-order valence-corrected chi connectivity index (χ4v) is 1.73. The lowest BCUT2D eigenvalue weighted by atomic mass is 9.97. The monoisotopic (exact) mass is 309 g/mol. The van der Waals surface area contributed by atoms with Crippen molar-refractivity contribution in [2.75, 3.05) is 13.2 Å². The predicted molar refractivity (Wildman–Crippen MR) is 86.2 cm³/mol. The van der Waals surface area contributed by atoms with E-state index in [1.54, 1.807) is 0 Å². The molecule has 3 N–H and O–H groups in total. The minimum Gasteiger partial charge on any atom is -0.504 e. The Kier molecular flexibility index (Phi) is 5.83. The first kappa shape index (κ1) is 18.3. The Balaban J connectivity index is 2.45. The van der Waals surface area contributed by atoms with Gasteiger partial charge in [0.15, 0.2) is 11.5 Å².